The van der Waals surface area contributed by atoms with Crippen molar-refractivity contribution < 1.29 is 0 Å². The molecule has 3 N–H and O–H groups in total. The van der Waals surface area contributed by atoms with E-state index in [0.29, 0.717) is 5.56 Å². The molecule has 0 atom stereocenters. The second kappa shape index (κ2) is 5.36. The smallest absolute Gasteiger partial charge is 0.142 e. The molecule has 2 aromatic rings. The molecule has 5 nitrogen and oxygen atoms in total. The number of amidine groups is 1. The normalized spacial score (nSPS) is 10.6. The predicted molar refractivity (Wildman–Crippen MR) is 82.8 cm³/mol. The average molecular weight is 271 g/mol. The lowest BCUT2D eigenvalue weighted by atomic mass is 10.1. The zero-order chi connectivity index (χ0) is 14.9. The molecule has 0 amide bonds. The maximum absolute atomic E-state index is 7.79. The molecule has 0 saturated carbocycles. The van der Waals surface area contributed by atoms with E-state index in [-0.39, 0.29) is 5.84 Å². The molecule has 0 aliphatic carbocycles. The fourth-order valence-electron chi connectivity index (χ4n) is 2.45. The number of rotatable bonds is 4. The maximum atomic E-state index is 7.79. The van der Waals surface area contributed by atoms with Gasteiger partial charge in [0, 0.05) is 19.3 Å². The molecule has 0 aliphatic heterocycles. The summed E-state index contributed by atoms with van der Waals surface area (Å²) in [5.41, 5.74) is 9.50. The quantitative estimate of drug-likeness (QED) is 0.663. The maximum Gasteiger partial charge on any atom is 0.142 e. The lowest BCUT2D eigenvalue weighted by Gasteiger charge is -2.24. The largest absolute Gasteiger partial charge is 0.384 e. The molecule has 1 aromatic carbocycles. The van der Waals surface area contributed by atoms with Gasteiger partial charge in [0.25, 0.3) is 0 Å². The van der Waals surface area contributed by atoms with Gasteiger partial charge in [-0.15, -0.1) is 0 Å². The van der Waals surface area contributed by atoms with Crippen LogP contribution in [-0.2, 0) is 7.05 Å². The second-order valence-corrected chi connectivity index (χ2v) is 4.90. The molecule has 0 radical (unpaired) electrons. The summed E-state index contributed by atoms with van der Waals surface area (Å²) in [6, 6.07) is 8.31. The van der Waals surface area contributed by atoms with Gasteiger partial charge in [0.05, 0.1) is 11.3 Å². The third-order valence-electron chi connectivity index (χ3n) is 3.38. The molecule has 0 fully saturated rings. The van der Waals surface area contributed by atoms with Crippen LogP contribution >= 0.6 is 0 Å². The molecule has 0 saturated heterocycles. The van der Waals surface area contributed by atoms with Crippen LogP contribution in [0.25, 0.3) is 0 Å². The van der Waals surface area contributed by atoms with Crippen molar-refractivity contribution in [3.05, 3.63) is 41.1 Å². The fourth-order valence-corrected chi connectivity index (χ4v) is 2.45. The van der Waals surface area contributed by atoms with Crippen molar-refractivity contribution in [2.24, 2.45) is 12.8 Å². The molecule has 0 unspecified atom stereocenters. The Morgan fingerprint density at radius 1 is 1.30 bits per heavy atom. The summed E-state index contributed by atoms with van der Waals surface area (Å²) in [6.07, 6.45) is 0. The summed E-state index contributed by atoms with van der Waals surface area (Å²) < 4.78 is 1.79. The minimum atomic E-state index is 0.0520. The standard InChI is InChI=1S/C15H21N5/c1-5-20(12-8-6-10(2)7-9-12)15-13(14(16)17)11(3)18-19(15)4/h6-9H,5H2,1-4H3,(H3,16,17). The topological polar surface area (TPSA) is 70.9 Å². The third kappa shape index (κ3) is 2.39. The van der Waals surface area contributed by atoms with Gasteiger partial charge in [0.2, 0.25) is 0 Å². The second-order valence-electron chi connectivity index (χ2n) is 4.90. The third-order valence-corrected chi connectivity index (χ3v) is 3.38. The summed E-state index contributed by atoms with van der Waals surface area (Å²) in [7, 11) is 1.88. The molecule has 106 valence electrons. The van der Waals surface area contributed by atoms with Gasteiger partial charge in [0.1, 0.15) is 11.7 Å². The zero-order valence-electron chi connectivity index (χ0n) is 12.4. The van der Waals surface area contributed by atoms with Gasteiger partial charge >= 0.3 is 0 Å². The van der Waals surface area contributed by atoms with Crippen molar-refractivity contribution in [1.29, 1.82) is 5.41 Å². The first-order chi connectivity index (χ1) is 9.45. The highest BCUT2D eigenvalue weighted by Crippen LogP contribution is 2.29. The molecule has 20 heavy (non-hydrogen) atoms. The first-order valence-corrected chi connectivity index (χ1v) is 6.68. The Morgan fingerprint density at radius 3 is 2.40 bits per heavy atom. The van der Waals surface area contributed by atoms with Crippen LogP contribution in [0, 0.1) is 19.3 Å². The van der Waals surface area contributed by atoms with Gasteiger partial charge < -0.3 is 10.6 Å². The summed E-state index contributed by atoms with van der Waals surface area (Å²) in [6.45, 7) is 6.80. The summed E-state index contributed by atoms with van der Waals surface area (Å²) in [5, 5.41) is 12.2. The van der Waals surface area contributed by atoms with E-state index >= 15 is 0 Å². The molecule has 0 aliphatic rings. The number of nitrogens with one attached hydrogen (secondary N) is 1. The van der Waals surface area contributed by atoms with Gasteiger partial charge in [-0.05, 0) is 32.9 Å². The highest BCUT2D eigenvalue weighted by atomic mass is 15.4. The van der Waals surface area contributed by atoms with E-state index in [2.05, 4.69) is 48.1 Å². The number of hydrogen-bond donors (Lipinski definition) is 2. The Bertz CT molecular complexity index is 624. The van der Waals surface area contributed by atoms with Gasteiger partial charge in [0.15, 0.2) is 0 Å². The van der Waals surface area contributed by atoms with Crippen molar-refractivity contribution in [2.75, 3.05) is 11.4 Å². The Morgan fingerprint density at radius 2 is 1.90 bits per heavy atom. The Hall–Kier alpha value is -2.30. The summed E-state index contributed by atoms with van der Waals surface area (Å²) >= 11 is 0. The highest BCUT2D eigenvalue weighted by molar-refractivity contribution is 6.01. The van der Waals surface area contributed by atoms with Crippen molar-refractivity contribution in [2.45, 2.75) is 20.8 Å². The van der Waals surface area contributed by atoms with E-state index in [1.165, 1.54) is 5.56 Å². The van der Waals surface area contributed by atoms with Crippen molar-refractivity contribution in [1.82, 2.24) is 9.78 Å². The van der Waals surface area contributed by atoms with Crippen molar-refractivity contribution in [3.63, 3.8) is 0 Å². The average Bonchev–Trinajstić information content (AvgIpc) is 2.68. The van der Waals surface area contributed by atoms with Crippen LogP contribution in [0.3, 0.4) is 0 Å². The first-order valence-electron chi connectivity index (χ1n) is 6.68. The number of aryl methyl sites for hydroxylation is 3. The molecular formula is C15H21N5. The molecule has 0 spiro atoms. The monoisotopic (exact) mass is 271 g/mol. The Balaban J connectivity index is 2.57. The van der Waals surface area contributed by atoms with Gasteiger partial charge in [-0.2, -0.15) is 5.10 Å². The molecular weight excluding hydrogens is 250 g/mol. The van der Waals surface area contributed by atoms with Crippen LogP contribution in [-0.4, -0.2) is 22.2 Å². The molecule has 0 bridgehead atoms. The molecule has 1 aromatic heterocycles. The number of anilines is 2. The molecule has 1 heterocycles. The SMILES string of the molecule is CCN(c1ccc(C)cc1)c1c(C(=N)N)c(C)nn1C. The first kappa shape index (κ1) is 14.1. The van der Waals surface area contributed by atoms with Gasteiger partial charge in [-0.1, -0.05) is 17.7 Å². The van der Waals surface area contributed by atoms with Crippen LogP contribution in [0.4, 0.5) is 11.5 Å². The highest BCUT2D eigenvalue weighted by Gasteiger charge is 2.21. The van der Waals surface area contributed by atoms with Gasteiger partial charge in [-0.3, -0.25) is 10.1 Å². The van der Waals surface area contributed by atoms with E-state index in [1.54, 1.807) is 4.68 Å². The van der Waals surface area contributed by atoms with Crippen LogP contribution in [0.2, 0.25) is 0 Å². The van der Waals surface area contributed by atoms with Crippen molar-refractivity contribution in [3.8, 4) is 0 Å². The summed E-state index contributed by atoms with van der Waals surface area (Å²) in [4.78, 5) is 2.12. The number of aromatic nitrogens is 2. The summed E-state index contributed by atoms with van der Waals surface area (Å²) in [5.74, 6) is 0.914. The van der Waals surface area contributed by atoms with E-state index in [9.17, 15) is 0 Å². The van der Waals surface area contributed by atoms with Crippen LogP contribution in [0.15, 0.2) is 24.3 Å². The molecule has 2 rings (SSSR count). The Kier molecular flexibility index (Phi) is 3.79. The lowest BCUT2D eigenvalue weighted by Crippen LogP contribution is -2.23. The minimum absolute atomic E-state index is 0.0520. The van der Waals surface area contributed by atoms with E-state index in [0.717, 1.165) is 23.7 Å². The zero-order valence-corrected chi connectivity index (χ0v) is 12.4. The van der Waals surface area contributed by atoms with Crippen molar-refractivity contribution >= 4 is 17.3 Å². The predicted octanol–water partition coefficient (Wildman–Crippen LogP) is 2.48. The Labute approximate surface area is 119 Å². The molecule has 5 heteroatoms. The number of nitrogens with zero attached hydrogens (tertiary/aromatic N) is 3. The van der Waals surface area contributed by atoms with Gasteiger partial charge in [-0.25, -0.2) is 0 Å². The number of hydrogen-bond acceptors (Lipinski definition) is 3. The van der Waals surface area contributed by atoms with Crippen LogP contribution in [0.1, 0.15) is 23.7 Å². The van der Waals surface area contributed by atoms with Crippen LogP contribution in [0.5, 0.6) is 0 Å². The van der Waals surface area contributed by atoms with E-state index in [1.807, 2.05) is 14.0 Å². The number of benzene rings is 1. The lowest BCUT2D eigenvalue weighted by molar-refractivity contribution is 0.742. The van der Waals surface area contributed by atoms with E-state index in [4.69, 9.17) is 11.1 Å². The number of nitrogens with two attached hydrogens (primary N) is 1. The minimum Gasteiger partial charge on any atom is -0.384 e. The fraction of sp³-hybridized carbons (Fsp3) is 0.333. The van der Waals surface area contributed by atoms with Crippen LogP contribution < -0.4 is 10.6 Å². The van der Waals surface area contributed by atoms with E-state index < -0.39 is 0 Å². The number of nitrogen functional groups attached to an aromatic ring is 1.